The monoisotopic (exact) mass is 442 g/mol. The first kappa shape index (κ1) is 19.7. The molecule has 1 aromatic heterocycles. The van der Waals surface area contributed by atoms with Crippen LogP contribution in [0.15, 0.2) is 83.8 Å². The van der Waals surface area contributed by atoms with Crippen LogP contribution in [0.3, 0.4) is 0 Å². The molecule has 0 bridgehead atoms. The van der Waals surface area contributed by atoms with Gasteiger partial charge in [0.25, 0.3) is 10.0 Å². The average Bonchev–Trinajstić information content (AvgIpc) is 3.17. The van der Waals surface area contributed by atoms with Gasteiger partial charge in [0.15, 0.2) is 0 Å². The zero-order valence-corrected chi connectivity index (χ0v) is 17.7. The molecular formula is C22H16Cl2N2O2S. The molecule has 0 aliphatic rings. The van der Waals surface area contributed by atoms with Crippen LogP contribution >= 0.6 is 23.2 Å². The number of hydrogen-bond acceptors (Lipinski definition) is 3. The van der Waals surface area contributed by atoms with Gasteiger partial charge in [-0.2, -0.15) is 17.6 Å². The lowest BCUT2D eigenvalue weighted by Crippen LogP contribution is -2.16. The second-order valence-corrected chi connectivity index (χ2v) is 9.15. The summed E-state index contributed by atoms with van der Waals surface area (Å²) in [6.45, 7) is 1.90. The molecule has 146 valence electrons. The van der Waals surface area contributed by atoms with Crippen LogP contribution in [0.5, 0.6) is 0 Å². The van der Waals surface area contributed by atoms with Gasteiger partial charge in [-0.05, 0) is 37.3 Å². The first-order valence-electron chi connectivity index (χ1n) is 8.79. The van der Waals surface area contributed by atoms with Crippen molar-refractivity contribution in [3.05, 3.63) is 94.5 Å². The van der Waals surface area contributed by atoms with E-state index in [1.165, 1.54) is 0 Å². The van der Waals surface area contributed by atoms with Gasteiger partial charge in [-0.25, -0.2) is 0 Å². The summed E-state index contributed by atoms with van der Waals surface area (Å²) >= 11 is 12.2. The Morgan fingerprint density at radius 3 is 2.14 bits per heavy atom. The normalized spacial score (nSPS) is 11.6. The zero-order valence-electron chi connectivity index (χ0n) is 15.4. The minimum atomic E-state index is -3.89. The van der Waals surface area contributed by atoms with Crippen molar-refractivity contribution >= 4 is 33.2 Å². The molecule has 0 atom stereocenters. The second-order valence-electron chi connectivity index (χ2n) is 6.57. The lowest BCUT2D eigenvalue weighted by atomic mass is 10.1. The Morgan fingerprint density at radius 2 is 1.48 bits per heavy atom. The van der Waals surface area contributed by atoms with E-state index in [4.69, 9.17) is 23.2 Å². The highest BCUT2D eigenvalue weighted by molar-refractivity contribution is 7.90. The fourth-order valence-corrected chi connectivity index (χ4v) is 4.55. The molecular weight excluding hydrogens is 427 g/mol. The Bertz CT molecular complexity index is 1280. The molecule has 0 saturated heterocycles. The van der Waals surface area contributed by atoms with E-state index in [2.05, 4.69) is 5.10 Å². The lowest BCUT2D eigenvalue weighted by Gasteiger charge is -2.09. The smallest absolute Gasteiger partial charge is 0.199 e. The van der Waals surface area contributed by atoms with Gasteiger partial charge in [0.05, 0.1) is 26.3 Å². The van der Waals surface area contributed by atoms with Crippen molar-refractivity contribution in [2.75, 3.05) is 0 Å². The summed E-state index contributed by atoms with van der Waals surface area (Å²) in [6.07, 6.45) is 0. The molecule has 0 fully saturated rings. The molecule has 1 heterocycles. The molecule has 0 unspecified atom stereocenters. The van der Waals surface area contributed by atoms with Crippen LogP contribution in [0.25, 0.3) is 22.5 Å². The molecule has 4 aromatic rings. The van der Waals surface area contributed by atoms with Gasteiger partial charge in [0, 0.05) is 11.1 Å². The number of aryl methyl sites for hydroxylation is 1. The lowest BCUT2D eigenvalue weighted by molar-refractivity contribution is 0.581. The van der Waals surface area contributed by atoms with Gasteiger partial charge in [-0.15, -0.1) is 0 Å². The van der Waals surface area contributed by atoms with E-state index in [0.717, 1.165) is 15.2 Å². The molecule has 0 amide bonds. The van der Waals surface area contributed by atoms with Crippen molar-refractivity contribution in [1.82, 2.24) is 9.19 Å². The number of aromatic nitrogens is 2. The third-order valence-corrected chi connectivity index (χ3v) is 6.85. The summed E-state index contributed by atoms with van der Waals surface area (Å²) in [5.41, 5.74) is 3.34. The maximum absolute atomic E-state index is 13.4. The molecule has 0 spiro atoms. The molecule has 0 radical (unpaired) electrons. The fraction of sp³-hybridized carbons (Fsp3) is 0.0455. The first-order chi connectivity index (χ1) is 13.9. The van der Waals surface area contributed by atoms with Crippen LogP contribution in [0, 0.1) is 6.92 Å². The van der Waals surface area contributed by atoms with Gasteiger partial charge in [-0.1, -0.05) is 77.3 Å². The van der Waals surface area contributed by atoms with E-state index in [9.17, 15) is 8.42 Å². The summed E-state index contributed by atoms with van der Waals surface area (Å²) < 4.78 is 27.8. The van der Waals surface area contributed by atoms with Crippen LogP contribution in [0.1, 0.15) is 5.56 Å². The van der Waals surface area contributed by atoms with Gasteiger partial charge < -0.3 is 0 Å². The van der Waals surface area contributed by atoms with Crippen LogP contribution in [-0.2, 0) is 10.0 Å². The van der Waals surface area contributed by atoms with Crippen molar-refractivity contribution in [3.8, 4) is 22.5 Å². The first-order valence-corrected chi connectivity index (χ1v) is 11.0. The Labute approximate surface area is 179 Å². The Hall–Kier alpha value is -2.60. The number of rotatable bonds is 4. The molecule has 4 nitrogen and oxygen atoms in total. The molecule has 0 aliphatic carbocycles. The van der Waals surface area contributed by atoms with Crippen molar-refractivity contribution in [1.29, 1.82) is 0 Å². The van der Waals surface area contributed by atoms with Gasteiger partial charge >= 0.3 is 0 Å². The zero-order chi connectivity index (χ0) is 20.6. The molecule has 3 aromatic carbocycles. The highest BCUT2D eigenvalue weighted by Crippen LogP contribution is 2.32. The Balaban J connectivity index is 1.93. The Morgan fingerprint density at radius 1 is 0.793 bits per heavy atom. The van der Waals surface area contributed by atoms with E-state index in [0.29, 0.717) is 27.0 Å². The summed E-state index contributed by atoms with van der Waals surface area (Å²) in [5.74, 6) is 0. The average molecular weight is 443 g/mol. The second kappa shape index (κ2) is 7.67. The topological polar surface area (TPSA) is 52.0 Å². The summed E-state index contributed by atoms with van der Waals surface area (Å²) in [6, 6.07) is 22.8. The van der Waals surface area contributed by atoms with Crippen molar-refractivity contribution in [3.63, 3.8) is 0 Å². The predicted molar refractivity (Wildman–Crippen MR) is 117 cm³/mol. The number of hydrogen-bond donors (Lipinski definition) is 0. The van der Waals surface area contributed by atoms with Crippen molar-refractivity contribution < 1.29 is 8.42 Å². The number of benzene rings is 3. The summed E-state index contributed by atoms with van der Waals surface area (Å²) in [4.78, 5) is 0.170. The van der Waals surface area contributed by atoms with Gasteiger partial charge in [-0.3, -0.25) is 0 Å². The van der Waals surface area contributed by atoms with Crippen LogP contribution in [0.4, 0.5) is 0 Å². The molecule has 0 N–H and O–H groups in total. The van der Waals surface area contributed by atoms with E-state index < -0.39 is 10.0 Å². The van der Waals surface area contributed by atoms with Crippen molar-refractivity contribution in [2.24, 2.45) is 0 Å². The highest BCUT2D eigenvalue weighted by Gasteiger charge is 2.24. The number of halogens is 2. The fourth-order valence-electron chi connectivity index (χ4n) is 2.96. The molecule has 0 aliphatic heterocycles. The third kappa shape index (κ3) is 3.81. The number of nitrogens with zero attached hydrogens (tertiary/aromatic N) is 2. The highest BCUT2D eigenvalue weighted by atomic mass is 35.5. The van der Waals surface area contributed by atoms with Gasteiger partial charge in [0.1, 0.15) is 0 Å². The quantitative estimate of drug-likeness (QED) is 0.385. The van der Waals surface area contributed by atoms with E-state index in [1.54, 1.807) is 48.5 Å². The minimum absolute atomic E-state index is 0.170. The molecule has 4 rings (SSSR count). The maximum atomic E-state index is 13.4. The Kier molecular flexibility index (Phi) is 5.21. The van der Waals surface area contributed by atoms with E-state index in [1.807, 2.05) is 37.3 Å². The van der Waals surface area contributed by atoms with Crippen molar-refractivity contribution in [2.45, 2.75) is 11.8 Å². The minimum Gasteiger partial charge on any atom is -0.199 e. The SMILES string of the molecule is Cc1ccc(S(=O)(=O)n2nc(-c3ccc(Cl)c(Cl)c3)cc2-c2ccccc2)cc1. The molecule has 7 heteroatoms. The van der Waals surface area contributed by atoms with Gasteiger partial charge in [0.2, 0.25) is 0 Å². The van der Waals surface area contributed by atoms with Crippen LogP contribution in [-0.4, -0.2) is 17.6 Å². The van der Waals surface area contributed by atoms with E-state index in [-0.39, 0.29) is 4.90 Å². The maximum Gasteiger partial charge on any atom is 0.283 e. The largest absolute Gasteiger partial charge is 0.283 e. The molecule has 29 heavy (non-hydrogen) atoms. The molecule has 0 saturated carbocycles. The predicted octanol–water partition coefficient (Wildman–Crippen LogP) is 6.07. The summed E-state index contributed by atoms with van der Waals surface area (Å²) in [7, 11) is -3.89. The van der Waals surface area contributed by atoms with E-state index >= 15 is 0 Å². The third-order valence-electron chi connectivity index (χ3n) is 4.51. The van der Waals surface area contributed by atoms with Crippen LogP contribution in [0.2, 0.25) is 10.0 Å². The summed E-state index contributed by atoms with van der Waals surface area (Å²) in [5, 5.41) is 5.22. The van der Waals surface area contributed by atoms with Crippen LogP contribution < -0.4 is 0 Å². The standard InChI is InChI=1S/C22H16Cl2N2O2S/c1-15-7-10-18(11-8-15)29(27,28)26-22(16-5-3-2-4-6-16)14-21(25-26)17-9-12-19(23)20(24)13-17/h2-14H,1H3.